The summed E-state index contributed by atoms with van der Waals surface area (Å²) in [5, 5.41) is 10.3. The van der Waals surface area contributed by atoms with Gasteiger partial charge in [0.05, 0.1) is 0 Å². The molecule has 0 fully saturated rings. The smallest absolute Gasteiger partial charge is 0.137 e. The van der Waals surface area contributed by atoms with Crippen molar-refractivity contribution in [2.75, 3.05) is 0 Å². The minimum atomic E-state index is 0.212. The summed E-state index contributed by atoms with van der Waals surface area (Å²) in [6.07, 6.45) is 6.08. The highest BCUT2D eigenvalue weighted by atomic mass is 16.3. The molecule has 2 heteroatoms. The Morgan fingerprint density at radius 1 is 1.26 bits per heavy atom. The third kappa shape index (κ3) is 3.88. The first-order chi connectivity index (χ1) is 9.22. The molecule has 0 aliphatic carbocycles. The molecule has 2 aromatic rings. The third-order valence-electron chi connectivity index (χ3n) is 2.53. The van der Waals surface area contributed by atoms with Gasteiger partial charge in [-0.15, -0.1) is 0 Å². The largest absolute Gasteiger partial charge is 0.508 e. The second kappa shape index (κ2) is 7.27. The van der Waals surface area contributed by atoms with Gasteiger partial charge >= 0.3 is 0 Å². The molecule has 0 aliphatic heterocycles. The summed E-state index contributed by atoms with van der Waals surface area (Å²) in [5.74, 6) is 1.06. The van der Waals surface area contributed by atoms with Crippen molar-refractivity contribution in [2.24, 2.45) is 0 Å². The fourth-order valence-electron chi connectivity index (χ4n) is 1.71. The standard InChI is InChI=1S/C15H14O2.C2H6/c1-3-5-11(4-2)8-14-9-12-6-7-13(16)10-15(12)17-14;1-2/h3-7,9-10,16H,1-2,8H2;1-2H3/b11-5+;. The first-order valence-corrected chi connectivity index (χ1v) is 6.38. The van der Waals surface area contributed by atoms with Gasteiger partial charge in [0.15, 0.2) is 0 Å². The lowest BCUT2D eigenvalue weighted by atomic mass is 10.1. The Morgan fingerprint density at radius 3 is 2.63 bits per heavy atom. The highest BCUT2D eigenvalue weighted by Gasteiger charge is 2.05. The topological polar surface area (TPSA) is 33.4 Å². The maximum absolute atomic E-state index is 9.35. The van der Waals surface area contributed by atoms with Gasteiger partial charge in [0.25, 0.3) is 0 Å². The van der Waals surface area contributed by atoms with Crippen molar-refractivity contribution in [1.82, 2.24) is 0 Å². The van der Waals surface area contributed by atoms with Gasteiger partial charge in [-0.25, -0.2) is 0 Å². The number of fused-ring (bicyclic) bond motifs is 1. The summed E-state index contributed by atoms with van der Waals surface area (Å²) in [7, 11) is 0. The molecule has 0 bridgehead atoms. The van der Waals surface area contributed by atoms with Crippen LogP contribution in [0.5, 0.6) is 5.75 Å². The van der Waals surface area contributed by atoms with Crippen LogP contribution in [0, 0.1) is 0 Å². The zero-order chi connectivity index (χ0) is 14.3. The summed E-state index contributed by atoms with van der Waals surface area (Å²) in [6, 6.07) is 7.07. The van der Waals surface area contributed by atoms with Crippen molar-refractivity contribution in [3.8, 4) is 5.75 Å². The molecule has 0 unspecified atom stereocenters. The fourth-order valence-corrected chi connectivity index (χ4v) is 1.71. The number of rotatable bonds is 4. The molecule has 0 spiro atoms. The van der Waals surface area contributed by atoms with E-state index in [0.717, 1.165) is 16.7 Å². The van der Waals surface area contributed by atoms with Gasteiger partial charge in [0.2, 0.25) is 0 Å². The number of aromatic hydroxyl groups is 1. The van der Waals surface area contributed by atoms with Crippen LogP contribution in [0.3, 0.4) is 0 Å². The number of hydrogen-bond donors (Lipinski definition) is 1. The Balaban J connectivity index is 0.000000861. The van der Waals surface area contributed by atoms with Crippen LogP contribution in [0.25, 0.3) is 11.0 Å². The van der Waals surface area contributed by atoms with Crippen LogP contribution in [0.1, 0.15) is 19.6 Å². The van der Waals surface area contributed by atoms with Crippen LogP contribution < -0.4 is 0 Å². The molecular formula is C17H20O2. The second-order valence-electron chi connectivity index (χ2n) is 3.79. The average molecular weight is 256 g/mol. The van der Waals surface area contributed by atoms with Crippen molar-refractivity contribution in [1.29, 1.82) is 0 Å². The van der Waals surface area contributed by atoms with Crippen LogP contribution >= 0.6 is 0 Å². The van der Waals surface area contributed by atoms with Gasteiger partial charge in [-0.3, -0.25) is 0 Å². The Labute approximate surface area is 114 Å². The van der Waals surface area contributed by atoms with Gasteiger partial charge in [-0.05, 0) is 23.8 Å². The van der Waals surface area contributed by atoms with Crippen LogP contribution in [0.15, 0.2) is 65.6 Å². The molecule has 0 aliphatic rings. The molecule has 2 rings (SSSR count). The fraction of sp³-hybridized carbons (Fsp3) is 0.176. The Kier molecular flexibility index (Phi) is 5.68. The molecule has 0 amide bonds. The highest BCUT2D eigenvalue weighted by Crippen LogP contribution is 2.24. The number of benzene rings is 1. The van der Waals surface area contributed by atoms with E-state index >= 15 is 0 Å². The molecule has 100 valence electrons. The molecule has 0 atom stereocenters. The highest BCUT2D eigenvalue weighted by molar-refractivity contribution is 5.79. The normalized spacial score (nSPS) is 10.7. The number of phenolic OH excluding ortho intramolecular Hbond substituents is 1. The lowest BCUT2D eigenvalue weighted by Gasteiger charge is -1.96. The lowest BCUT2D eigenvalue weighted by molar-refractivity contribution is 0.473. The van der Waals surface area contributed by atoms with Crippen molar-refractivity contribution >= 4 is 11.0 Å². The Bertz CT molecular complexity index is 588. The summed E-state index contributed by atoms with van der Waals surface area (Å²) in [4.78, 5) is 0. The van der Waals surface area contributed by atoms with Gasteiger partial charge in [0, 0.05) is 17.9 Å². The molecule has 19 heavy (non-hydrogen) atoms. The van der Waals surface area contributed by atoms with E-state index < -0.39 is 0 Å². The van der Waals surface area contributed by atoms with Crippen LogP contribution in [0.4, 0.5) is 0 Å². The quantitative estimate of drug-likeness (QED) is 0.780. The molecular weight excluding hydrogens is 236 g/mol. The monoisotopic (exact) mass is 256 g/mol. The van der Waals surface area contributed by atoms with Gasteiger partial charge < -0.3 is 9.52 Å². The minimum Gasteiger partial charge on any atom is -0.508 e. The zero-order valence-electron chi connectivity index (χ0n) is 11.5. The lowest BCUT2D eigenvalue weighted by Crippen LogP contribution is -1.83. The van der Waals surface area contributed by atoms with Gasteiger partial charge in [-0.2, -0.15) is 0 Å². The maximum atomic E-state index is 9.35. The van der Waals surface area contributed by atoms with Crippen molar-refractivity contribution < 1.29 is 9.52 Å². The molecule has 0 saturated carbocycles. The van der Waals surface area contributed by atoms with Crippen LogP contribution in [0.2, 0.25) is 0 Å². The summed E-state index contributed by atoms with van der Waals surface area (Å²) in [5.41, 5.74) is 1.74. The van der Waals surface area contributed by atoms with E-state index in [1.165, 1.54) is 0 Å². The molecule has 0 radical (unpaired) electrons. The van der Waals surface area contributed by atoms with Crippen LogP contribution in [-0.2, 0) is 6.42 Å². The number of furan rings is 1. The van der Waals surface area contributed by atoms with E-state index in [9.17, 15) is 5.11 Å². The number of phenols is 1. The number of allylic oxidation sites excluding steroid dienone is 4. The third-order valence-corrected chi connectivity index (χ3v) is 2.53. The predicted molar refractivity (Wildman–Crippen MR) is 81.4 cm³/mol. The first-order valence-electron chi connectivity index (χ1n) is 6.38. The van der Waals surface area contributed by atoms with Crippen molar-refractivity contribution in [2.45, 2.75) is 20.3 Å². The van der Waals surface area contributed by atoms with Crippen molar-refractivity contribution in [3.05, 3.63) is 67.0 Å². The van der Waals surface area contributed by atoms with Gasteiger partial charge in [0.1, 0.15) is 17.1 Å². The second-order valence-corrected chi connectivity index (χ2v) is 3.79. The molecule has 1 aromatic heterocycles. The molecule has 0 saturated heterocycles. The Hall–Kier alpha value is -2.22. The van der Waals surface area contributed by atoms with E-state index in [2.05, 4.69) is 13.2 Å². The first kappa shape index (κ1) is 14.8. The minimum absolute atomic E-state index is 0.212. The van der Waals surface area contributed by atoms with Crippen LogP contribution in [-0.4, -0.2) is 5.11 Å². The van der Waals surface area contributed by atoms with E-state index in [4.69, 9.17) is 4.42 Å². The number of hydrogen-bond acceptors (Lipinski definition) is 2. The predicted octanol–water partition coefficient (Wildman–Crippen LogP) is 5.01. The molecule has 2 nitrogen and oxygen atoms in total. The van der Waals surface area contributed by atoms with Gasteiger partial charge in [-0.1, -0.05) is 45.2 Å². The van der Waals surface area contributed by atoms with E-state index in [1.54, 1.807) is 24.3 Å². The van der Waals surface area contributed by atoms with Crippen molar-refractivity contribution in [3.63, 3.8) is 0 Å². The zero-order valence-corrected chi connectivity index (χ0v) is 11.5. The summed E-state index contributed by atoms with van der Waals surface area (Å²) >= 11 is 0. The van der Waals surface area contributed by atoms with E-state index in [0.29, 0.717) is 12.0 Å². The van der Waals surface area contributed by atoms with E-state index in [-0.39, 0.29) is 5.75 Å². The maximum Gasteiger partial charge on any atom is 0.137 e. The Morgan fingerprint density at radius 2 is 2.00 bits per heavy atom. The molecule has 1 aromatic carbocycles. The summed E-state index contributed by atoms with van der Waals surface area (Å²) in [6.45, 7) is 11.4. The molecule has 1 N–H and O–H groups in total. The average Bonchev–Trinajstić information content (AvgIpc) is 2.82. The summed E-state index contributed by atoms with van der Waals surface area (Å²) < 4.78 is 5.64. The van der Waals surface area contributed by atoms with E-state index in [1.807, 2.05) is 32.1 Å². The SMILES string of the molecule is C=C/C=C(\C=C)Cc1cc2ccc(O)cc2o1.CC. The molecule has 1 heterocycles.